The Balaban J connectivity index is 0.000000360. The van der Waals surface area contributed by atoms with Gasteiger partial charge in [0.25, 0.3) is 0 Å². The SMILES string of the molecule is COC(=O)Cn1cc[n+](C)c1.F[P-](F)(F)(F)(F)F. The van der Waals surface area contributed by atoms with Crippen molar-refractivity contribution >= 4 is 13.8 Å². The number of ether oxygens (including phenoxy) is 1. The number of aromatic nitrogens is 2. The summed E-state index contributed by atoms with van der Waals surface area (Å²) in [7, 11) is -7.38. The number of hydrogen-bond acceptors (Lipinski definition) is 2. The molecule has 0 radical (unpaired) electrons. The summed E-state index contributed by atoms with van der Waals surface area (Å²) in [4.78, 5) is 10.7. The molecule has 1 heterocycles. The topological polar surface area (TPSA) is 35.1 Å². The molecule has 0 aliphatic carbocycles. The Bertz CT molecular complexity index is 414. The average molecular weight is 300 g/mol. The Hall–Kier alpha value is -1.31. The van der Waals surface area contributed by atoms with Crippen LogP contribution >= 0.6 is 7.81 Å². The van der Waals surface area contributed by atoms with E-state index in [0.29, 0.717) is 0 Å². The maximum absolute atomic E-state index is 10.7. The summed E-state index contributed by atoms with van der Waals surface area (Å²) >= 11 is 0. The molecule has 1 rings (SSSR count). The third-order valence-electron chi connectivity index (χ3n) is 1.36. The second-order valence-corrected chi connectivity index (χ2v) is 5.20. The molecular formula is C7H11F6N2O2P. The molecule has 1 aromatic rings. The first-order chi connectivity index (χ1) is 7.67. The number of halogens is 6. The van der Waals surface area contributed by atoms with E-state index in [9.17, 15) is 30.0 Å². The molecule has 0 amide bonds. The molecule has 0 atom stereocenters. The molecule has 0 bridgehead atoms. The zero-order valence-electron chi connectivity index (χ0n) is 9.37. The van der Waals surface area contributed by atoms with Gasteiger partial charge in [-0.3, -0.25) is 0 Å². The molecule has 0 aromatic carbocycles. The number of aryl methyl sites for hydroxylation is 1. The van der Waals surface area contributed by atoms with Crippen LogP contribution in [0.2, 0.25) is 0 Å². The van der Waals surface area contributed by atoms with Gasteiger partial charge in [0, 0.05) is 0 Å². The van der Waals surface area contributed by atoms with Gasteiger partial charge in [-0.25, -0.2) is 13.9 Å². The first-order valence-electron chi connectivity index (χ1n) is 4.31. The number of imidazole rings is 1. The number of rotatable bonds is 2. The van der Waals surface area contributed by atoms with E-state index < -0.39 is 7.81 Å². The quantitative estimate of drug-likeness (QED) is 0.364. The molecule has 0 N–H and O–H groups in total. The fourth-order valence-electron chi connectivity index (χ4n) is 0.809. The third-order valence-corrected chi connectivity index (χ3v) is 1.36. The van der Waals surface area contributed by atoms with Gasteiger partial charge in [0.05, 0.1) is 14.2 Å². The van der Waals surface area contributed by atoms with Gasteiger partial charge >= 0.3 is 39.0 Å². The second-order valence-electron chi connectivity index (χ2n) is 3.29. The Labute approximate surface area is 98.0 Å². The van der Waals surface area contributed by atoms with Crippen molar-refractivity contribution < 1.29 is 39.3 Å². The summed E-state index contributed by atoms with van der Waals surface area (Å²) in [6, 6.07) is 0. The number of carbonyl (C=O) groups excluding carboxylic acids is 1. The molecular weight excluding hydrogens is 289 g/mol. The van der Waals surface area contributed by atoms with E-state index in [0.717, 1.165) is 0 Å². The van der Waals surface area contributed by atoms with E-state index >= 15 is 0 Å². The molecule has 0 spiro atoms. The summed E-state index contributed by atoms with van der Waals surface area (Å²) in [5.41, 5.74) is 0. The summed E-state index contributed by atoms with van der Waals surface area (Å²) in [5, 5.41) is 0. The van der Waals surface area contributed by atoms with Gasteiger partial charge in [0.2, 0.25) is 6.33 Å². The van der Waals surface area contributed by atoms with E-state index in [1.165, 1.54) is 7.11 Å². The number of nitrogens with zero attached hydrogens (tertiary/aromatic N) is 2. The van der Waals surface area contributed by atoms with Gasteiger partial charge in [-0.1, -0.05) is 0 Å². The van der Waals surface area contributed by atoms with E-state index in [4.69, 9.17) is 0 Å². The first kappa shape index (κ1) is 16.7. The number of hydrogen-bond donors (Lipinski definition) is 0. The fraction of sp³-hybridized carbons (Fsp3) is 0.429. The van der Waals surface area contributed by atoms with Crippen LogP contribution in [0, 0.1) is 0 Å². The molecule has 0 unspecified atom stereocenters. The van der Waals surface area contributed by atoms with Crippen molar-refractivity contribution in [2.45, 2.75) is 6.54 Å². The summed E-state index contributed by atoms with van der Waals surface area (Å²) in [6.07, 6.45) is 5.50. The Morgan fingerprint density at radius 3 is 2.00 bits per heavy atom. The van der Waals surface area contributed by atoms with Crippen LogP contribution < -0.4 is 4.57 Å². The zero-order chi connectivity index (χ0) is 14.7. The first-order valence-corrected chi connectivity index (χ1v) is 6.34. The van der Waals surface area contributed by atoms with Gasteiger partial charge in [-0.15, -0.1) is 0 Å². The van der Waals surface area contributed by atoms with E-state index in [1.54, 1.807) is 4.57 Å². The molecule has 11 heteroatoms. The molecule has 0 saturated heterocycles. The third kappa shape index (κ3) is 14.7. The predicted molar refractivity (Wildman–Crippen MR) is 51.2 cm³/mol. The summed E-state index contributed by atoms with van der Waals surface area (Å²) in [5.74, 6) is -0.235. The van der Waals surface area contributed by atoms with Crippen molar-refractivity contribution in [3.05, 3.63) is 18.7 Å². The van der Waals surface area contributed by atoms with Crippen molar-refractivity contribution in [2.75, 3.05) is 7.11 Å². The molecule has 0 aliphatic rings. The summed E-state index contributed by atoms with van der Waals surface area (Å²) in [6.45, 7) is 0.275. The van der Waals surface area contributed by atoms with Crippen molar-refractivity contribution in [3.8, 4) is 0 Å². The van der Waals surface area contributed by atoms with E-state index in [1.807, 2.05) is 30.3 Å². The standard InChI is InChI=1S/C7H11N2O2.F6P/c1-8-3-4-9(6-8)5-7(10)11-2;1-7(2,3,4,5)6/h3-4,6H,5H2,1-2H3;/q+1;-1. The minimum atomic E-state index is -10.7. The van der Waals surface area contributed by atoms with Gasteiger partial charge in [-0.2, -0.15) is 0 Å². The maximum atomic E-state index is 10.7. The summed E-state index contributed by atoms with van der Waals surface area (Å²) < 4.78 is 67.3. The van der Waals surface area contributed by atoms with Gasteiger partial charge in [0.15, 0.2) is 6.54 Å². The van der Waals surface area contributed by atoms with Crippen molar-refractivity contribution in [1.29, 1.82) is 0 Å². The van der Waals surface area contributed by atoms with Crippen molar-refractivity contribution in [1.82, 2.24) is 4.57 Å². The fourth-order valence-corrected chi connectivity index (χ4v) is 0.809. The number of methoxy groups -OCH3 is 1. The monoisotopic (exact) mass is 300 g/mol. The van der Waals surface area contributed by atoms with Crippen molar-refractivity contribution in [2.24, 2.45) is 7.05 Å². The zero-order valence-corrected chi connectivity index (χ0v) is 10.3. The molecule has 4 nitrogen and oxygen atoms in total. The Morgan fingerprint density at radius 2 is 1.72 bits per heavy atom. The van der Waals surface area contributed by atoms with Crippen LogP contribution in [-0.2, 0) is 23.1 Å². The van der Waals surface area contributed by atoms with Crippen LogP contribution in [-0.4, -0.2) is 17.6 Å². The van der Waals surface area contributed by atoms with Crippen LogP contribution in [0.1, 0.15) is 0 Å². The van der Waals surface area contributed by atoms with Crippen LogP contribution in [0.3, 0.4) is 0 Å². The van der Waals surface area contributed by atoms with Gasteiger partial charge in [-0.05, 0) is 0 Å². The molecule has 0 fully saturated rings. The van der Waals surface area contributed by atoms with Crippen LogP contribution in [0.4, 0.5) is 25.2 Å². The second kappa shape index (κ2) is 4.42. The van der Waals surface area contributed by atoms with E-state index in [2.05, 4.69) is 4.74 Å². The predicted octanol–water partition coefficient (Wildman–Crippen LogP) is 2.87. The van der Waals surface area contributed by atoms with Crippen molar-refractivity contribution in [3.63, 3.8) is 0 Å². The molecule has 0 saturated carbocycles. The number of esters is 1. The molecule has 0 aliphatic heterocycles. The van der Waals surface area contributed by atoms with Gasteiger partial charge < -0.3 is 4.74 Å². The molecule has 1 aromatic heterocycles. The normalized spacial score (nSPS) is 14.9. The van der Waals surface area contributed by atoms with Crippen LogP contribution in [0.15, 0.2) is 18.7 Å². The van der Waals surface area contributed by atoms with Gasteiger partial charge in [0.1, 0.15) is 12.4 Å². The minimum absolute atomic E-state index is 0.235. The average Bonchev–Trinajstić information content (AvgIpc) is 2.45. The van der Waals surface area contributed by atoms with Crippen LogP contribution in [0.5, 0.6) is 0 Å². The van der Waals surface area contributed by atoms with Crippen LogP contribution in [0.25, 0.3) is 0 Å². The Morgan fingerprint density at radius 1 is 1.28 bits per heavy atom. The Kier molecular flexibility index (Phi) is 4.09. The molecule has 108 valence electrons. The number of carbonyl (C=O) groups is 1. The molecule has 18 heavy (non-hydrogen) atoms. The van der Waals surface area contributed by atoms with E-state index in [-0.39, 0.29) is 12.5 Å².